The van der Waals surface area contributed by atoms with Crippen LogP contribution >= 0.6 is 34.5 Å². The lowest BCUT2D eigenvalue weighted by atomic mass is 9.93. The molecular formula is C29H31Cl2FN2O4S. The van der Waals surface area contributed by atoms with Crippen LogP contribution in [-0.2, 0) is 16.0 Å². The molecule has 39 heavy (non-hydrogen) atoms. The maximum Gasteiger partial charge on any atom is 0.331 e. The number of aliphatic carboxylic acids is 1. The summed E-state index contributed by atoms with van der Waals surface area (Å²) in [4.78, 5) is 28.3. The summed E-state index contributed by atoms with van der Waals surface area (Å²) in [5, 5.41) is 14.0. The van der Waals surface area contributed by atoms with Gasteiger partial charge in [-0.25, -0.2) is 14.2 Å². The number of ether oxygens (including phenoxy) is 1. The van der Waals surface area contributed by atoms with E-state index in [4.69, 9.17) is 33.0 Å². The van der Waals surface area contributed by atoms with E-state index < -0.39 is 11.9 Å². The molecule has 0 atom stereocenters. The smallest absolute Gasteiger partial charge is 0.331 e. The Morgan fingerprint density at radius 1 is 1.18 bits per heavy atom. The van der Waals surface area contributed by atoms with Crippen LogP contribution in [0, 0.1) is 11.2 Å². The molecule has 0 aliphatic heterocycles. The molecule has 2 N–H and O–H groups in total. The number of carbonyl (C=O) groups excluding carboxylic acids is 1. The summed E-state index contributed by atoms with van der Waals surface area (Å²) in [5.74, 6) is -1.95. The maximum absolute atomic E-state index is 15.3. The van der Waals surface area contributed by atoms with Gasteiger partial charge in [0.15, 0.2) is 5.13 Å². The highest BCUT2D eigenvalue weighted by molar-refractivity contribution is 7.14. The van der Waals surface area contributed by atoms with E-state index in [9.17, 15) is 9.59 Å². The molecule has 1 aromatic heterocycles. The van der Waals surface area contributed by atoms with Crippen LogP contribution in [0.15, 0.2) is 41.3 Å². The molecule has 3 aromatic rings. The molecule has 0 saturated heterocycles. The average molecular weight is 594 g/mol. The third-order valence-electron chi connectivity index (χ3n) is 5.85. The number of carboxylic acid groups (broad SMARTS) is 1. The Labute approximate surface area is 241 Å². The summed E-state index contributed by atoms with van der Waals surface area (Å²) in [6, 6.07) is 8.00. The van der Waals surface area contributed by atoms with Crippen LogP contribution in [0.5, 0.6) is 0 Å². The van der Waals surface area contributed by atoms with Crippen LogP contribution in [0.25, 0.3) is 17.3 Å². The predicted molar refractivity (Wildman–Crippen MR) is 156 cm³/mol. The lowest BCUT2D eigenvalue weighted by molar-refractivity contribution is -0.132. The highest BCUT2D eigenvalue weighted by atomic mass is 35.5. The second kappa shape index (κ2) is 13.5. The van der Waals surface area contributed by atoms with E-state index >= 15 is 4.39 Å². The van der Waals surface area contributed by atoms with Crippen LogP contribution in [-0.4, -0.2) is 35.2 Å². The van der Waals surface area contributed by atoms with Crippen molar-refractivity contribution in [1.29, 1.82) is 0 Å². The van der Waals surface area contributed by atoms with Gasteiger partial charge in [-0.2, -0.15) is 0 Å². The van der Waals surface area contributed by atoms with Gasteiger partial charge >= 0.3 is 5.97 Å². The zero-order valence-electron chi connectivity index (χ0n) is 22.2. The van der Waals surface area contributed by atoms with Crippen LogP contribution in [0.4, 0.5) is 9.52 Å². The van der Waals surface area contributed by atoms with Crippen LogP contribution in [0.3, 0.4) is 0 Å². The zero-order chi connectivity index (χ0) is 28.7. The number of aryl methyl sites for hydroxylation is 1. The van der Waals surface area contributed by atoms with Gasteiger partial charge in [0.05, 0.1) is 15.7 Å². The first-order valence-corrected chi connectivity index (χ1v) is 14.0. The Balaban J connectivity index is 1.66. The molecule has 1 heterocycles. The number of nitrogens with zero attached hydrogens (tertiary/aromatic N) is 1. The van der Waals surface area contributed by atoms with E-state index in [0.717, 1.165) is 17.8 Å². The van der Waals surface area contributed by atoms with Gasteiger partial charge in [0.1, 0.15) is 5.82 Å². The second-order valence-electron chi connectivity index (χ2n) is 10.3. The van der Waals surface area contributed by atoms with E-state index in [1.165, 1.54) is 25.1 Å². The Hall–Kier alpha value is -2.78. The van der Waals surface area contributed by atoms with Crippen molar-refractivity contribution in [2.24, 2.45) is 5.41 Å². The number of benzene rings is 2. The van der Waals surface area contributed by atoms with Gasteiger partial charge < -0.3 is 9.84 Å². The van der Waals surface area contributed by atoms with Crippen molar-refractivity contribution in [2.75, 3.05) is 18.5 Å². The molecule has 0 saturated carbocycles. The van der Waals surface area contributed by atoms with E-state index in [1.807, 2.05) is 0 Å². The number of rotatable bonds is 11. The Morgan fingerprint density at radius 2 is 1.87 bits per heavy atom. The minimum absolute atomic E-state index is 0.0482. The van der Waals surface area contributed by atoms with Crippen molar-refractivity contribution in [3.05, 3.63) is 73.8 Å². The number of hydrogen-bond acceptors (Lipinski definition) is 5. The molecule has 2 aromatic carbocycles. The SMILES string of the molecule is CC(=Cc1c(Cl)cc(C(=O)Nc2nc(-c3cccc(CCCOCCC(C)(C)C)c3F)cs2)cc1Cl)C(=O)O. The van der Waals surface area contributed by atoms with Crippen molar-refractivity contribution in [3.8, 4) is 11.3 Å². The third kappa shape index (κ3) is 8.86. The Kier molecular flexibility index (Phi) is 10.7. The molecule has 0 unspecified atom stereocenters. The molecule has 0 bridgehead atoms. The fourth-order valence-corrected chi connectivity index (χ4v) is 4.87. The monoisotopic (exact) mass is 592 g/mol. The number of carboxylic acids is 1. The van der Waals surface area contributed by atoms with Crippen molar-refractivity contribution in [1.82, 2.24) is 4.98 Å². The quantitative estimate of drug-likeness (QED) is 0.172. The minimum Gasteiger partial charge on any atom is -0.478 e. The largest absolute Gasteiger partial charge is 0.478 e. The molecule has 1 amide bonds. The first-order chi connectivity index (χ1) is 18.4. The van der Waals surface area contributed by atoms with E-state index in [1.54, 1.807) is 23.6 Å². The molecule has 0 radical (unpaired) electrons. The number of aromatic nitrogens is 1. The number of nitrogens with one attached hydrogen (secondary N) is 1. The minimum atomic E-state index is -1.11. The van der Waals surface area contributed by atoms with Crippen LogP contribution < -0.4 is 5.32 Å². The first kappa shape index (κ1) is 30.8. The van der Waals surface area contributed by atoms with Gasteiger partial charge in [-0.15, -0.1) is 11.3 Å². The highest BCUT2D eigenvalue weighted by Crippen LogP contribution is 2.31. The van der Waals surface area contributed by atoms with Crippen molar-refractivity contribution >= 4 is 57.6 Å². The van der Waals surface area contributed by atoms with E-state index in [2.05, 4.69) is 31.1 Å². The summed E-state index contributed by atoms with van der Waals surface area (Å²) in [5.41, 5.74) is 2.10. The molecule has 3 rings (SSSR count). The fourth-order valence-electron chi connectivity index (χ4n) is 3.57. The maximum atomic E-state index is 15.3. The van der Waals surface area contributed by atoms with Gasteiger partial charge in [0, 0.05) is 40.9 Å². The highest BCUT2D eigenvalue weighted by Gasteiger charge is 2.17. The number of halogens is 3. The summed E-state index contributed by atoms with van der Waals surface area (Å²) >= 11 is 13.7. The number of anilines is 1. The van der Waals surface area contributed by atoms with Crippen molar-refractivity contribution < 1.29 is 23.8 Å². The topological polar surface area (TPSA) is 88.5 Å². The standard InChI is InChI=1S/C29H31Cl2FN2O4S/c1-17(27(36)37)13-21-22(30)14-19(15-23(21)31)26(35)34-28-33-24(16-39-28)20-9-5-7-18(25(20)32)8-6-11-38-12-10-29(2,3)4/h5,7,9,13-16H,6,8,10-12H2,1-4H3,(H,36,37)(H,33,34,35). The lowest BCUT2D eigenvalue weighted by Gasteiger charge is -2.17. The second-order valence-corrected chi connectivity index (χ2v) is 12.0. The van der Waals surface area contributed by atoms with Gasteiger partial charge in [-0.3, -0.25) is 10.1 Å². The summed E-state index contributed by atoms with van der Waals surface area (Å²) in [6.45, 7) is 9.16. The normalized spacial score (nSPS) is 12.0. The number of amides is 1. The summed E-state index contributed by atoms with van der Waals surface area (Å²) in [7, 11) is 0. The Bertz CT molecular complexity index is 1360. The van der Waals surface area contributed by atoms with Gasteiger partial charge in [0.25, 0.3) is 5.91 Å². The number of carbonyl (C=O) groups is 2. The number of thiazole rings is 1. The van der Waals surface area contributed by atoms with Gasteiger partial charge in [-0.1, -0.05) is 56.1 Å². The van der Waals surface area contributed by atoms with Crippen LogP contribution in [0.1, 0.15) is 62.0 Å². The molecule has 0 spiro atoms. The van der Waals surface area contributed by atoms with Crippen molar-refractivity contribution in [3.63, 3.8) is 0 Å². The predicted octanol–water partition coefficient (Wildman–Crippen LogP) is 8.38. The van der Waals surface area contributed by atoms with Crippen LogP contribution in [0.2, 0.25) is 10.0 Å². The molecule has 208 valence electrons. The molecule has 0 aliphatic rings. The van der Waals surface area contributed by atoms with E-state index in [-0.39, 0.29) is 37.5 Å². The summed E-state index contributed by atoms with van der Waals surface area (Å²) < 4.78 is 21.0. The molecule has 0 fully saturated rings. The molecule has 10 heteroatoms. The average Bonchev–Trinajstić information content (AvgIpc) is 3.31. The van der Waals surface area contributed by atoms with E-state index in [0.29, 0.717) is 48.4 Å². The van der Waals surface area contributed by atoms with Gasteiger partial charge in [-0.05, 0) is 61.4 Å². The lowest BCUT2D eigenvalue weighted by Crippen LogP contribution is -2.12. The first-order valence-electron chi connectivity index (χ1n) is 12.4. The zero-order valence-corrected chi connectivity index (χ0v) is 24.6. The number of hydrogen-bond donors (Lipinski definition) is 2. The third-order valence-corrected chi connectivity index (χ3v) is 7.23. The van der Waals surface area contributed by atoms with Gasteiger partial charge in [0.2, 0.25) is 0 Å². The van der Waals surface area contributed by atoms with Crippen molar-refractivity contribution in [2.45, 2.75) is 47.0 Å². The fraction of sp³-hybridized carbons (Fsp3) is 0.345. The molecule has 6 nitrogen and oxygen atoms in total. The molecular weight excluding hydrogens is 562 g/mol. The Morgan fingerprint density at radius 3 is 2.51 bits per heavy atom. The summed E-state index contributed by atoms with van der Waals surface area (Å²) in [6.07, 6.45) is 3.55. The molecule has 0 aliphatic carbocycles.